The van der Waals surface area contributed by atoms with Crippen LogP contribution >= 0.6 is 12.6 Å². The van der Waals surface area contributed by atoms with Gasteiger partial charge in [0.05, 0.1) is 0 Å². The maximum Gasteiger partial charge on any atom is 0.223 e. The van der Waals surface area contributed by atoms with Crippen molar-refractivity contribution in [3.63, 3.8) is 0 Å². The third kappa shape index (κ3) is 2.89. The van der Waals surface area contributed by atoms with Crippen molar-refractivity contribution in [3.8, 4) is 0 Å². The van der Waals surface area contributed by atoms with Crippen LogP contribution in [-0.4, -0.2) is 54.2 Å². The molecule has 82 valence electrons. The summed E-state index contributed by atoms with van der Waals surface area (Å²) in [6, 6.07) is 0.535. The highest BCUT2D eigenvalue weighted by atomic mass is 32.1. The van der Waals surface area contributed by atoms with Gasteiger partial charge in [-0.3, -0.25) is 9.69 Å². The standard InChI is InChI=1S/C10H20N2OS/c1-3-9-8-12(6-5-11(9)2)10(13)4-7-14/h9,14H,3-8H2,1-2H3. The second-order valence-corrected chi connectivity index (χ2v) is 4.30. The highest BCUT2D eigenvalue weighted by molar-refractivity contribution is 7.80. The van der Waals surface area contributed by atoms with Gasteiger partial charge in [-0.1, -0.05) is 6.92 Å². The monoisotopic (exact) mass is 216 g/mol. The van der Waals surface area contributed by atoms with Gasteiger partial charge in [0, 0.05) is 32.1 Å². The Hall–Kier alpha value is -0.220. The molecule has 1 amide bonds. The number of carbonyl (C=O) groups excluding carboxylic acids is 1. The lowest BCUT2D eigenvalue weighted by Crippen LogP contribution is -2.53. The smallest absolute Gasteiger partial charge is 0.223 e. The molecule has 0 aromatic carbocycles. The number of piperazine rings is 1. The van der Waals surface area contributed by atoms with Crippen LogP contribution in [0.4, 0.5) is 0 Å². The molecule has 1 fully saturated rings. The van der Waals surface area contributed by atoms with Gasteiger partial charge in [0.1, 0.15) is 0 Å². The molecule has 0 spiro atoms. The van der Waals surface area contributed by atoms with E-state index in [0.717, 1.165) is 26.1 Å². The summed E-state index contributed by atoms with van der Waals surface area (Å²) in [5, 5.41) is 0. The number of amides is 1. The average molecular weight is 216 g/mol. The molecule has 0 aliphatic carbocycles. The van der Waals surface area contributed by atoms with Gasteiger partial charge in [-0.25, -0.2) is 0 Å². The van der Waals surface area contributed by atoms with E-state index in [1.807, 2.05) is 4.90 Å². The molecule has 0 bridgehead atoms. The van der Waals surface area contributed by atoms with Crippen LogP contribution < -0.4 is 0 Å². The summed E-state index contributed by atoms with van der Waals surface area (Å²) in [5.74, 6) is 0.911. The lowest BCUT2D eigenvalue weighted by molar-refractivity contribution is -0.133. The Morgan fingerprint density at radius 1 is 1.50 bits per heavy atom. The van der Waals surface area contributed by atoms with E-state index in [1.54, 1.807) is 0 Å². The molecule has 0 aromatic heterocycles. The Labute approximate surface area is 91.9 Å². The van der Waals surface area contributed by atoms with Crippen molar-refractivity contribution in [3.05, 3.63) is 0 Å². The quantitative estimate of drug-likeness (QED) is 0.707. The van der Waals surface area contributed by atoms with E-state index in [0.29, 0.717) is 18.2 Å². The Morgan fingerprint density at radius 3 is 2.79 bits per heavy atom. The van der Waals surface area contributed by atoms with Gasteiger partial charge in [0.15, 0.2) is 0 Å². The van der Waals surface area contributed by atoms with Gasteiger partial charge in [0.2, 0.25) is 5.91 Å². The first-order valence-electron chi connectivity index (χ1n) is 5.28. The normalized spacial score (nSPS) is 23.9. The minimum Gasteiger partial charge on any atom is -0.340 e. The Balaban J connectivity index is 2.45. The number of nitrogens with zero attached hydrogens (tertiary/aromatic N) is 2. The van der Waals surface area contributed by atoms with Crippen LogP contribution in [0, 0.1) is 0 Å². The second-order valence-electron chi connectivity index (χ2n) is 3.86. The first-order valence-corrected chi connectivity index (χ1v) is 5.91. The molecule has 4 heteroatoms. The van der Waals surface area contributed by atoms with E-state index in [1.165, 1.54) is 0 Å². The SMILES string of the molecule is CCC1CN(C(=O)CCS)CCN1C. The molecule has 1 aliphatic rings. The molecular weight excluding hydrogens is 196 g/mol. The fourth-order valence-electron chi connectivity index (χ4n) is 1.87. The molecule has 0 N–H and O–H groups in total. The molecule has 3 nitrogen and oxygen atoms in total. The highest BCUT2D eigenvalue weighted by Crippen LogP contribution is 2.11. The summed E-state index contributed by atoms with van der Waals surface area (Å²) in [4.78, 5) is 15.9. The van der Waals surface area contributed by atoms with E-state index in [9.17, 15) is 4.79 Å². The van der Waals surface area contributed by atoms with Crippen LogP contribution in [0.1, 0.15) is 19.8 Å². The van der Waals surface area contributed by atoms with Crippen molar-refractivity contribution in [2.24, 2.45) is 0 Å². The zero-order chi connectivity index (χ0) is 10.6. The minimum absolute atomic E-state index is 0.256. The van der Waals surface area contributed by atoms with Crippen molar-refractivity contribution in [2.75, 3.05) is 32.4 Å². The summed E-state index contributed by atoms with van der Waals surface area (Å²) >= 11 is 4.08. The maximum absolute atomic E-state index is 11.6. The predicted octanol–water partition coefficient (Wildman–Crippen LogP) is 0.859. The van der Waals surface area contributed by atoms with Crippen LogP contribution in [0.5, 0.6) is 0 Å². The fourth-order valence-corrected chi connectivity index (χ4v) is 2.06. The largest absolute Gasteiger partial charge is 0.340 e. The summed E-state index contributed by atoms with van der Waals surface area (Å²) in [7, 11) is 2.13. The Morgan fingerprint density at radius 2 is 2.21 bits per heavy atom. The van der Waals surface area contributed by atoms with E-state index in [-0.39, 0.29) is 5.91 Å². The van der Waals surface area contributed by atoms with Crippen molar-refractivity contribution in [1.29, 1.82) is 0 Å². The zero-order valence-electron chi connectivity index (χ0n) is 9.07. The number of rotatable bonds is 3. The van der Waals surface area contributed by atoms with E-state index in [2.05, 4.69) is 31.5 Å². The van der Waals surface area contributed by atoms with Crippen molar-refractivity contribution >= 4 is 18.5 Å². The molecule has 0 aromatic rings. The summed E-state index contributed by atoms with van der Waals surface area (Å²) in [5.41, 5.74) is 0. The van der Waals surface area contributed by atoms with Crippen LogP contribution in [0.3, 0.4) is 0 Å². The van der Waals surface area contributed by atoms with Crippen molar-refractivity contribution in [2.45, 2.75) is 25.8 Å². The van der Waals surface area contributed by atoms with Crippen LogP contribution in [0.2, 0.25) is 0 Å². The summed E-state index contributed by atoms with van der Waals surface area (Å²) < 4.78 is 0. The van der Waals surface area contributed by atoms with Gasteiger partial charge in [-0.15, -0.1) is 0 Å². The molecule has 1 unspecified atom stereocenters. The number of thiol groups is 1. The zero-order valence-corrected chi connectivity index (χ0v) is 9.96. The van der Waals surface area contributed by atoms with Crippen LogP contribution in [0.25, 0.3) is 0 Å². The molecule has 1 atom stereocenters. The molecular formula is C10H20N2OS. The van der Waals surface area contributed by atoms with Gasteiger partial charge < -0.3 is 4.90 Å². The predicted molar refractivity (Wildman–Crippen MR) is 61.8 cm³/mol. The average Bonchev–Trinajstić information content (AvgIpc) is 2.19. The first-order chi connectivity index (χ1) is 6.69. The van der Waals surface area contributed by atoms with Crippen LogP contribution in [0.15, 0.2) is 0 Å². The lowest BCUT2D eigenvalue weighted by atomic mass is 10.1. The van der Waals surface area contributed by atoms with Crippen LogP contribution in [-0.2, 0) is 4.79 Å². The third-order valence-electron chi connectivity index (χ3n) is 2.93. The Kier molecular flexibility index (Phi) is 4.75. The van der Waals surface area contributed by atoms with Gasteiger partial charge in [-0.2, -0.15) is 12.6 Å². The fraction of sp³-hybridized carbons (Fsp3) is 0.900. The third-order valence-corrected chi connectivity index (χ3v) is 3.15. The van der Waals surface area contributed by atoms with E-state index in [4.69, 9.17) is 0 Å². The van der Waals surface area contributed by atoms with Gasteiger partial charge in [0.25, 0.3) is 0 Å². The molecule has 14 heavy (non-hydrogen) atoms. The Bertz CT molecular complexity index is 199. The number of hydrogen-bond donors (Lipinski definition) is 1. The first kappa shape index (κ1) is 11.9. The molecule has 1 rings (SSSR count). The molecule has 1 heterocycles. The van der Waals surface area contributed by atoms with Gasteiger partial charge >= 0.3 is 0 Å². The maximum atomic E-state index is 11.6. The van der Waals surface area contributed by atoms with E-state index >= 15 is 0 Å². The molecule has 0 saturated carbocycles. The van der Waals surface area contributed by atoms with Crippen molar-refractivity contribution < 1.29 is 4.79 Å². The number of hydrogen-bond acceptors (Lipinski definition) is 3. The lowest BCUT2D eigenvalue weighted by Gasteiger charge is -2.39. The number of carbonyl (C=O) groups is 1. The minimum atomic E-state index is 0.256. The molecule has 1 saturated heterocycles. The van der Waals surface area contributed by atoms with Gasteiger partial charge in [-0.05, 0) is 19.2 Å². The topological polar surface area (TPSA) is 23.6 Å². The number of likely N-dealkylation sites (N-methyl/N-ethyl adjacent to an activating group) is 1. The summed E-state index contributed by atoms with van der Waals surface area (Å²) in [6.45, 7) is 4.93. The van der Waals surface area contributed by atoms with Crippen molar-refractivity contribution in [1.82, 2.24) is 9.80 Å². The highest BCUT2D eigenvalue weighted by Gasteiger charge is 2.25. The second kappa shape index (κ2) is 5.61. The molecule has 0 radical (unpaired) electrons. The van der Waals surface area contributed by atoms with E-state index < -0.39 is 0 Å². The summed E-state index contributed by atoms with van der Waals surface area (Å²) in [6.07, 6.45) is 1.68. The molecule has 1 aliphatic heterocycles.